The van der Waals surface area contributed by atoms with Gasteiger partial charge in [0, 0.05) is 25.2 Å². The summed E-state index contributed by atoms with van der Waals surface area (Å²) in [5.41, 5.74) is 0. The summed E-state index contributed by atoms with van der Waals surface area (Å²) in [6.45, 7) is 9.20. The van der Waals surface area contributed by atoms with Gasteiger partial charge in [-0.25, -0.2) is 0 Å². The Morgan fingerprint density at radius 2 is 2.00 bits per heavy atom. The minimum Gasteiger partial charge on any atom is -0.313 e. The molecule has 0 aliphatic heterocycles. The zero-order chi connectivity index (χ0) is 12.0. The molecule has 1 rings (SSSR count). The molecule has 2 nitrogen and oxygen atoms in total. The molecule has 96 valence electrons. The van der Waals surface area contributed by atoms with Crippen molar-refractivity contribution in [1.29, 1.82) is 0 Å². The number of rotatable bonds is 8. The summed E-state index contributed by atoms with van der Waals surface area (Å²) in [6.07, 6.45) is 7.03. The number of hydrogen-bond donors (Lipinski definition) is 1. The Morgan fingerprint density at radius 3 is 2.50 bits per heavy atom. The predicted molar refractivity (Wildman–Crippen MR) is 71.8 cm³/mol. The Labute approximate surface area is 102 Å². The molecule has 0 aromatic heterocycles. The lowest BCUT2D eigenvalue weighted by Crippen LogP contribution is -2.38. The molecule has 1 N–H and O–H groups in total. The van der Waals surface area contributed by atoms with E-state index in [0.717, 1.165) is 12.5 Å². The average Bonchev–Trinajstić information content (AvgIpc) is 2.22. The average molecular weight is 226 g/mol. The van der Waals surface area contributed by atoms with Crippen LogP contribution in [0.25, 0.3) is 0 Å². The van der Waals surface area contributed by atoms with E-state index in [1.165, 1.54) is 38.6 Å². The van der Waals surface area contributed by atoms with Gasteiger partial charge in [0.05, 0.1) is 0 Å². The molecule has 0 aromatic carbocycles. The van der Waals surface area contributed by atoms with Crippen LogP contribution in [-0.2, 0) is 0 Å². The zero-order valence-corrected chi connectivity index (χ0v) is 11.6. The summed E-state index contributed by atoms with van der Waals surface area (Å²) in [5.74, 6) is 1.02. The highest BCUT2D eigenvalue weighted by Gasteiger charge is 2.19. The van der Waals surface area contributed by atoms with E-state index in [9.17, 15) is 0 Å². The van der Waals surface area contributed by atoms with Crippen molar-refractivity contribution in [2.24, 2.45) is 5.92 Å². The summed E-state index contributed by atoms with van der Waals surface area (Å²) in [4.78, 5) is 2.45. The normalized spacial score (nSPS) is 20.8. The fourth-order valence-corrected chi connectivity index (χ4v) is 2.33. The molecule has 2 heteroatoms. The summed E-state index contributed by atoms with van der Waals surface area (Å²) in [6, 6.07) is 1.42. The van der Waals surface area contributed by atoms with Gasteiger partial charge in [-0.1, -0.05) is 26.2 Å². The van der Waals surface area contributed by atoms with Gasteiger partial charge >= 0.3 is 0 Å². The Bertz CT molecular complexity index is 178. The van der Waals surface area contributed by atoms with Gasteiger partial charge in [-0.15, -0.1) is 0 Å². The third-order valence-electron chi connectivity index (χ3n) is 4.21. The van der Waals surface area contributed by atoms with E-state index in [1.807, 2.05) is 0 Å². The van der Waals surface area contributed by atoms with Gasteiger partial charge in [0.25, 0.3) is 0 Å². The Balaban J connectivity index is 2.00. The molecule has 0 aromatic rings. The maximum absolute atomic E-state index is 3.65. The third kappa shape index (κ3) is 4.84. The van der Waals surface area contributed by atoms with Crippen molar-refractivity contribution in [2.75, 3.05) is 20.1 Å². The first-order valence-electron chi connectivity index (χ1n) is 7.07. The van der Waals surface area contributed by atoms with Crippen molar-refractivity contribution in [3.05, 3.63) is 0 Å². The van der Waals surface area contributed by atoms with Gasteiger partial charge in [-0.3, -0.25) is 0 Å². The Hall–Kier alpha value is -0.0800. The standard InChI is InChI=1S/C14H30N2/c1-5-13(3)16(4)10-9-15-12(2)11-14-7-6-8-14/h12-15H,5-11H2,1-4H3. The lowest BCUT2D eigenvalue weighted by Gasteiger charge is -2.29. The molecule has 0 amide bonds. The van der Waals surface area contributed by atoms with Crippen LogP contribution in [0.15, 0.2) is 0 Å². The van der Waals surface area contributed by atoms with Crippen LogP contribution >= 0.6 is 0 Å². The van der Waals surface area contributed by atoms with E-state index in [2.05, 4.69) is 38.0 Å². The molecule has 0 heterocycles. The molecule has 0 radical (unpaired) electrons. The number of nitrogens with one attached hydrogen (secondary N) is 1. The van der Waals surface area contributed by atoms with Gasteiger partial charge in [-0.05, 0) is 39.7 Å². The van der Waals surface area contributed by atoms with Crippen molar-refractivity contribution >= 4 is 0 Å². The van der Waals surface area contributed by atoms with Crippen molar-refractivity contribution in [2.45, 2.75) is 65.0 Å². The molecule has 2 unspecified atom stereocenters. The summed E-state index contributed by atoms with van der Waals surface area (Å²) < 4.78 is 0. The van der Waals surface area contributed by atoms with E-state index in [1.54, 1.807) is 0 Å². The highest BCUT2D eigenvalue weighted by atomic mass is 15.1. The van der Waals surface area contributed by atoms with Gasteiger partial charge in [-0.2, -0.15) is 0 Å². The molecular weight excluding hydrogens is 196 g/mol. The molecule has 2 atom stereocenters. The van der Waals surface area contributed by atoms with E-state index in [0.29, 0.717) is 12.1 Å². The highest BCUT2D eigenvalue weighted by Crippen LogP contribution is 2.30. The molecule has 1 aliphatic carbocycles. The number of hydrogen-bond acceptors (Lipinski definition) is 2. The van der Waals surface area contributed by atoms with E-state index in [-0.39, 0.29) is 0 Å². The maximum atomic E-state index is 3.65. The molecular formula is C14H30N2. The number of nitrogens with zero attached hydrogens (tertiary/aromatic N) is 1. The van der Waals surface area contributed by atoms with Crippen molar-refractivity contribution in [3.63, 3.8) is 0 Å². The van der Waals surface area contributed by atoms with Crippen LogP contribution in [0.3, 0.4) is 0 Å². The summed E-state index contributed by atoms with van der Waals surface area (Å²) in [7, 11) is 2.23. The molecule has 1 aliphatic rings. The maximum Gasteiger partial charge on any atom is 0.0107 e. The Morgan fingerprint density at radius 1 is 1.31 bits per heavy atom. The van der Waals surface area contributed by atoms with E-state index in [4.69, 9.17) is 0 Å². The van der Waals surface area contributed by atoms with Crippen LogP contribution < -0.4 is 5.32 Å². The van der Waals surface area contributed by atoms with Crippen LogP contribution in [0.5, 0.6) is 0 Å². The summed E-state index contributed by atoms with van der Waals surface area (Å²) in [5, 5.41) is 3.65. The molecule has 0 saturated heterocycles. The highest BCUT2D eigenvalue weighted by molar-refractivity contribution is 4.75. The molecule has 16 heavy (non-hydrogen) atoms. The quantitative estimate of drug-likeness (QED) is 0.684. The Kier molecular flexibility index (Phi) is 6.37. The van der Waals surface area contributed by atoms with Crippen LogP contribution in [0.1, 0.15) is 52.9 Å². The second kappa shape index (κ2) is 7.29. The molecule has 0 spiro atoms. The lowest BCUT2D eigenvalue weighted by atomic mass is 9.81. The minimum absolute atomic E-state index is 0.704. The van der Waals surface area contributed by atoms with Crippen LogP contribution in [0.4, 0.5) is 0 Å². The first kappa shape index (κ1) is 14.0. The molecule has 0 bridgehead atoms. The minimum atomic E-state index is 0.704. The van der Waals surface area contributed by atoms with Gasteiger partial charge in [0.15, 0.2) is 0 Å². The fraction of sp³-hybridized carbons (Fsp3) is 1.00. The molecule has 1 fully saturated rings. The largest absolute Gasteiger partial charge is 0.313 e. The first-order valence-corrected chi connectivity index (χ1v) is 7.07. The second-order valence-corrected chi connectivity index (χ2v) is 5.63. The third-order valence-corrected chi connectivity index (χ3v) is 4.21. The van der Waals surface area contributed by atoms with Gasteiger partial charge in [0.1, 0.15) is 0 Å². The number of likely N-dealkylation sites (N-methyl/N-ethyl adjacent to an activating group) is 1. The molecule has 1 saturated carbocycles. The predicted octanol–water partition coefficient (Wildman–Crippen LogP) is 2.89. The van der Waals surface area contributed by atoms with Crippen molar-refractivity contribution in [3.8, 4) is 0 Å². The van der Waals surface area contributed by atoms with Crippen LogP contribution in [0, 0.1) is 5.92 Å². The SMILES string of the molecule is CCC(C)N(C)CCNC(C)CC1CCC1. The van der Waals surface area contributed by atoms with Gasteiger partial charge < -0.3 is 10.2 Å². The van der Waals surface area contributed by atoms with Crippen LogP contribution in [-0.4, -0.2) is 37.1 Å². The topological polar surface area (TPSA) is 15.3 Å². The zero-order valence-electron chi connectivity index (χ0n) is 11.6. The second-order valence-electron chi connectivity index (χ2n) is 5.63. The van der Waals surface area contributed by atoms with E-state index >= 15 is 0 Å². The van der Waals surface area contributed by atoms with E-state index < -0.39 is 0 Å². The summed E-state index contributed by atoms with van der Waals surface area (Å²) >= 11 is 0. The van der Waals surface area contributed by atoms with Crippen molar-refractivity contribution in [1.82, 2.24) is 10.2 Å². The fourth-order valence-electron chi connectivity index (χ4n) is 2.33. The smallest absolute Gasteiger partial charge is 0.0107 e. The first-order chi connectivity index (χ1) is 7.63. The van der Waals surface area contributed by atoms with Crippen molar-refractivity contribution < 1.29 is 0 Å². The monoisotopic (exact) mass is 226 g/mol. The lowest BCUT2D eigenvalue weighted by molar-refractivity contribution is 0.235. The van der Waals surface area contributed by atoms with Gasteiger partial charge in [0.2, 0.25) is 0 Å². The van der Waals surface area contributed by atoms with Crippen LogP contribution in [0.2, 0.25) is 0 Å².